The minimum atomic E-state index is -0.596. The number of hydrogen-bond donors (Lipinski definition) is 2. The molecule has 4 aromatic rings. The van der Waals surface area contributed by atoms with E-state index in [4.69, 9.17) is 15.2 Å². The molecule has 39 heavy (non-hydrogen) atoms. The molecular formula is C25H28AsN12O. The number of tetrazole rings is 1. The summed E-state index contributed by atoms with van der Waals surface area (Å²) in [6.45, 7) is 3.48. The van der Waals surface area contributed by atoms with Crippen LogP contribution in [-0.4, -0.2) is 87.7 Å². The number of H-pyrrole nitrogens is 2. The van der Waals surface area contributed by atoms with E-state index < -0.39 is 15.8 Å². The van der Waals surface area contributed by atoms with E-state index in [9.17, 15) is 4.79 Å². The molecule has 2 aliphatic heterocycles. The number of anilines is 2. The normalized spacial score (nSPS) is 17.3. The summed E-state index contributed by atoms with van der Waals surface area (Å²) in [7, 11) is 0. The third-order valence-electron chi connectivity index (χ3n) is 7.53. The molecule has 4 aromatic heterocycles. The number of nitriles is 1. The van der Waals surface area contributed by atoms with Gasteiger partial charge in [0.05, 0.1) is 0 Å². The van der Waals surface area contributed by atoms with Gasteiger partial charge in [0.1, 0.15) is 0 Å². The summed E-state index contributed by atoms with van der Waals surface area (Å²) in [5.74, 6) is 3.34. The van der Waals surface area contributed by atoms with Crippen LogP contribution in [0.1, 0.15) is 37.9 Å². The molecule has 13 nitrogen and oxygen atoms in total. The van der Waals surface area contributed by atoms with E-state index in [-0.39, 0.29) is 5.56 Å². The molecular weight excluding hydrogens is 559 g/mol. The van der Waals surface area contributed by atoms with Crippen molar-refractivity contribution in [2.24, 2.45) is 11.8 Å². The van der Waals surface area contributed by atoms with Crippen LogP contribution in [0.25, 0.3) is 10.9 Å². The fourth-order valence-electron chi connectivity index (χ4n) is 5.31. The molecule has 0 bridgehead atoms. The molecule has 0 spiro atoms. The Labute approximate surface area is 231 Å². The van der Waals surface area contributed by atoms with Crippen molar-refractivity contribution in [3.63, 3.8) is 0 Å². The molecule has 6 heterocycles. The summed E-state index contributed by atoms with van der Waals surface area (Å²) < 4.78 is 1.82. The number of rotatable bonds is 7. The number of aromatic amines is 2. The number of pyridine rings is 1. The first-order valence-corrected chi connectivity index (χ1v) is 15.1. The van der Waals surface area contributed by atoms with Gasteiger partial charge in [0, 0.05) is 0 Å². The van der Waals surface area contributed by atoms with Crippen LogP contribution in [-0.2, 0) is 6.42 Å². The van der Waals surface area contributed by atoms with Crippen LogP contribution >= 0.6 is 0 Å². The SMILES string of the molecule is N#CCC1CCN(c2nc([As]c3ccc(N4CCC(Cc5nn[nH]n5)CC4)nc3)c3c(=O)[nH]ncc3n2)CC1. The second-order valence-electron chi connectivity index (χ2n) is 10.0. The Bertz CT molecular complexity index is 1500. The van der Waals surface area contributed by atoms with Gasteiger partial charge in [-0.2, -0.15) is 0 Å². The van der Waals surface area contributed by atoms with Crippen LogP contribution in [0.5, 0.6) is 0 Å². The summed E-state index contributed by atoms with van der Waals surface area (Å²) >= 11 is -0.596. The van der Waals surface area contributed by atoms with Gasteiger partial charge in [0.25, 0.3) is 0 Å². The van der Waals surface area contributed by atoms with Gasteiger partial charge in [0.2, 0.25) is 0 Å². The second kappa shape index (κ2) is 11.5. The average Bonchev–Trinajstić information content (AvgIpc) is 3.48. The van der Waals surface area contributed by atoms with Crippen molar-refractivity contribution in [2.45, 2.75) is 38.5 Å². The molecule has 6 rings (SSSR count). The van der Waals surface area contributed by atoms with Crippen LogP contribution in [0.3, 0.4) is 0 Å². The van der Waals surface area contributed by atoms with E-state index in [1.165, 1.54) is 0 Å². The summed E-state index contributed by atoms with van der Waals surface area (Å²) in [5, 5.41) is 30.4. The third kappa shape index (κ3) is 5.76. The zero-order chi connectivity index (χ0) is 26.6. The summed E-state index contributed by atoms with van der Waals surface area (Å²) in [6, 6.07) is 6.46. The van der Waals surface area contributed by atoms with E-state index in [1.807, 2.05) is 6.20 Å². The number of piperidine rings is 2. The molecule has 14 heteroatoms. The van der Waals surface area contributed by atoms with Gasteiger partial charge in [-0.3, -0.25) is 0 Å². The van der Waals surface area contributed by atoms with Gasteiger partial charge in [0.15, 0.2) is 0 Å². The average molecular weight is 588 g/mol. The molecule has 0 aromatic carbocycles. The van der Waals surface area contributed by atoms with Gasteiger partial charge in [-0.05, 0) is 0 Å². The number of hydrogen-bond acceptors (Lipinski definition) is 11. The van der Waals surface area contributed by atoms with E-state index in [0.717, 1.165) is 78.8 Å². The maximum absolute atomic E-state index is 12.7. The first kappa shape index (κ1) is 25.4. The fraction of sp³-hybridized carbons (Fsp3) is 0.480. The first-order valence-electron chi connectivity index (χ1n) is 13.2. The molecule has 2 fully saturated rings. The number of nitrogens with zero attached hydrogens (tertiary/aromatic N) is 10. The Morgan fingerprint density at radius 1 is 1.03 bits per heavy atom. The molecule has 0 unspecified atom stereocenters. The molecule has 199 valence electrons. The Morgan fingerprint density at radius 3 is 2.54 bits per heavy atom. The zero-order valence-electron chi connectivity index (χ0n) is 21.4. The molecule has 1 radical (unpaired) electrons. The molecule has 2 aliphatic rings. The number of aromatic nitrogens is 9. The molecule has 0 amide bonds. The van der Waals surface area contributed by atoms with Crippen LogP contribution in [0.2, 0.25) is 0 Å². The Balaban J connectivity index is 1.16. The van der Waals surface area contributed by atoms with E-state index in [1.54, 1.807) is 6.20 Å². The fourth-order valence-corrected chi connectivity index (χ4v) is 7.36. The molecule has 2 saturated heterocycles. The van der Waals surface area contributed by atoms with Gasteiger partial charge in [-0.25, -0.2) is 0 Å². The molecule has 0 aliphatic carbocycles. The Kier molecular flexibility index (Phi) is 7.45. The second-order valence-corrected chi connectivity index (χ2v) is 12.5. The van der Waals surface area contributed by atoms with Crippen molar-refractivity contribution in [2.75, 3.05) is 36.0 Å². The van der Waals surface area contributed by atoms with Crippen molar-refractivity contribution in [1.29, 1.82) is 5.26 Å². The van der Waals surface area contributed by atoms with Crippen molar-refractivity contribution in [1.82, 2.24) is 45.8 Å². The predicted octanol–water partition coefficient (Wildman–Crippen LogP) is -0.135. The van der Waals surface area contributed by atoms with Gasteiger partial charge in [-0.15, -0.1) is 0 Å². The van der Waals surface area contributed by atoms with E-state index in [2.05, 4.69) is 63.8 Å². The topological polar surface area (TPSA) is 169 Å². The first-order chi connectivity index (χ1) is 19.2. The summed E-state index contributed by atoms with van der Waals surface area (Å²) in [4.78, 5) is 31.5. The summed E-state index contributed by atoms with van der Waals surface area (Å²) in [6.07, 6.45) is 8.94. The Morgan fingerprint density at radius 2 is 1.82 bits per heavy atom. The van der Waals surface area contributed by atoms with Crippen LogP contribution in [0.15, 0.2) is 29.3 Å². The van der Waals surface area contributed by atoms with Crippen LogP contribution in [0.4, 0.5) is 11.8 Å². The number of fused-ring (bicyclic) bond motifs is 1. The van der Waals surface area contributed by atoms with Crippen molar-refractivity contribution >= 4 is 47.3 Å². The third-order valence-corrected chi connectivity index (χ3v) is 9.75. The summed E-state index contributed by atoms with van der Waals surface area (Å²) in [5.41, 5.74) is 0.284. The van der Waals surface area contributed by atoms with Crippen LogP contribution < -0.4 is 24.2 Å². The maximum atomic E-state index is 12.7. The van der Waals surface area contributed by atoms with Crippen LogP contribution in [0, 0.1) is 23.2 Å². The van der Waals surface area contributed by atoms with E-state index >= 15 is 0 Å². The standard InChI is InChI=1S/C25H28AsN12O/c27-8-3-16-4-11-38(12-5-16)25-30-19-15-29-34-24(39)22(19)23(31-25)26-18-1-2-21(28-14-18)37-9-6-17(7-10-37)13-20-32-35-36-33-20/h1-2,14-17H,3-7,9-13H2,(H,34,39)(H,32,33,35,36). The minimum absolute atomic E-state index is 0.273. The van der Waals surface area contributed by atoms with E-state index in [0.29, 0.717) is 35.1 Å². The monoisotopic (exact) mass is 587 g/mol. The van der Waals surface area contributed by atoms with Gasteiger partial charge >= 0.3 is 231 Å². The van der Waals surface area contributed by atoms with Gasteiger partial charge < -0.3 is 0 Å². The molecule has 0 atom stereocenters. The van der Waals surface area contributed by atoms with Gasteiger partial charge in [-0.1, -0.05) is 0 Å². The molecule has 2 N–H and O–H groups in total. The van der Waals surface area contributed by atoms with Crippen molar-refractivity contribution < 1.29 is 0 Å². The number of nitrogens with one attached hydrogen (secondary N) is 2. The zero-order valence-corrected chi connectivity index (χ0v) is 23.2. The predicted molar refractivity (Wildman–Crippen MR) is 145 cm³/mol. The quantitative estimate of drug-likeness (QED) is 0.276. The Hall–Kier alpha value is -3.91. The van der Waals surface area contributed by atoms with Crippen molar-refractivity contribution in [3.8, 4) is 6.07 Å². The molecule has 0 saturated carbocycles. The van der Waals surface area contributed by atoms with Crippen molar-refractivity contribution in [3.05, 3.63) is 40.7 Å².